The quantitative estimate of drug-likeness (QED) is 0.856. The van der Waals surface area contributed by atoms with Gasteiger partial charge in [-0.3, -0.25) is 0 Å². The van der Waals surface area contributed by atoms with Gasteiger partial charge in [-0.1, -0.05) is 18.9 Å². The molecule has 0 spiro atoms. The highest BCUT2D eigenvalue weighted by Gasteiger charge is 2.33. The Labute approximate surface area is 108 Å². The van der Waals surface area contributed by atoms with Crippen LogP contribution in [0, 0.1) is 0 Å². The molecule has 100 valence electrons. The zero-order valence-electron chi connectivity index (χ0n) is 11.1. The van der Waals surface area contributed by atoms with Gasteiger partial charge in [-0.15, -0.1) is 0 Å². The Morgan fingerprint density at radius 3 is 2.72 bits per heavy atom. The van der Waals surface area contributed by atoms with E-state index in [-0.39, 0.29) is 0 Å². The summed E-state index contributed by atoms with van der Waals surface area (Å²) in [6.07, 6.45) is 5.07. The number of aromatic nitrogens is 1. The van der Waals surface area contributed by atoms with Crippen LogP contribution in [-0.4, -0.2) is 34.4 Å². The van der Waals surface area contributed by atoms with Gasteiger partial charge in [0.1, 0.15) is 5.82 Å². The van der Waals surface area contributed by atoms with Crippen molar-refractivity contribution in [2.45, 2.75) is 44.3 Å². The van der Waals surface area contributed by atoms with Gasteiger partial charge in [-0.05, 0) is 25.8 Å². The van der Waals surface area contributed by atoms with Crippen LogP contribution in [0.25, 0.3) is 0 Å². The third-order valence-corrected chi connectivity index (χ3v) is 3.69. The molecule has 0 aliphatic heterocycles. The maximum absolute atomic E-state index is 10.4. The fourth-order valence-corrected chi connectivity index (χ4v) is 2.76. The third-order valence-electron chi connectivity index (χ3n) is 3.69. The summed E-state index contributed by atoms with van der Waals surface area (Å²) in [6, 6.07) is 3.70. The Morgan fingerprint density at radius 1 is 1.44 bits per heavy atom. The highest BCUT2D eigenvalue weighted by Crippen LogP contribution is 2.32. The molecule has 0 radical (unpaired) electrons. The Hall–Kier alpha value is -1.13. The molecule has 1 aromatic rings. The molecule has 1 saturated carbocycles. The van der Waals surface area contributed by atoms with Gasteiger partial charge < -0.3 is 15.1 Å². The maximum atomic E-state index is 10.4. The van der Waals surface area contributed by atoms with Gasteiger partial charge in [0.25, 0.3) is 0 Å². The molecule has 1 heterocycles. The van der Waals surface area contributed by atoms with Crippen LogP contribution in [0.15, 0.2) is 18.3 Å². The zero-order valence-corrected chi connectivity index (χ0v) is 11.1. The number of aliphatic hydroxyl groups excluding tert-OH is 1. The lowest BCUT2D eigenvalue weighted by atomic mass is 10.0. The fourth-order valence-electron chi connectivity index (χ4n) is 2.76. The number of hydrogen-bond acceptors (Lipinski definition) is 4. The molecular weight excluding hydrogens is 228 g/mol. The Kier molecular flexibility index (Phi) is 3.88. The molecular formula is C14H22N2O2. The van der Waals surface area contributed by atoms with Crippen molar-refractivity contribution in [3.63, 3.8) is 0 Å². The Bertz CT molecular complexity index is 401. The maximum Gasteiger partial charge on any atom is 0.134 e. The molecule has 2 N–H and O–H groups in total. The lowest BCUT2D eigenvalue weighted by Crippen LogP contribution is -2.40. The lowest BCUT2D eigenvalue weighted by molar-refractivity contribution is 0.0556. The second-order valence-corrected chi connectivity index (χ2v) is 5.38. The average Bonchev–Trinajstić information content (AvgIpc) is 2.75. The van der Waals surface area contributed by atoms with E-state index >= 15 is 0 Å². The highest BCUT2D eigenvalue weighted by atomic mass is 16.3. The first-order valence-corrected chi connectivity index (χ1v) is 6.58. The minimum atomic E-state index is -0.595. The molecule has 1 aliphatic carbocycles. The SMILES string of the molecule is C[C@@H](O)c1cccnc1N(C)CC1(O)CCCC1. The number of anilines is 1. The molecule has 4 heteroatoms. The lowest BCUT2D eigenvalue weighted by Gasteiger charge is -2.30. The summed E-state index contributed by atoms with van der Waals surface area (Å²) in [5.41, 5.74) is 0.212. The van der Waals surface area contributed by atoms with E-state index in [0.717, 1.165) is 37.1 Å². The van der Waals surface area contributed by atoms with E-state index in [1.165, 1.54) is 0 Å². The van der Waals surface area contributed by atoms with E-state index in [4.69, 9.17) is 0 Å². The van der Waals surface area contributed by atoms with Crippen molar-refractivity contribution in [1.82, 2.24) is 4.98 Å². The van der Waals surface area contributed by atoms with Crippen LogP contribution in [-0.2, 0) is 0 Å². The van der Waals surface area contributed by atoms with Gasteiger partial charge >= 0.3 is 0 Å². The molecule has 0 saturated heterocycles. The van der Waals surface area contributed by atoms with Crippen LogP contribution >= 0.6 is 0 Å². The minimum absolute atomic E-state index is 0.547. The van der Waals surface area contributed by atoms with E-state index in [1.54, 1.807) is 13.1 Å². The van der Waals surface area contributed by atoms with Gasteiger partial charge in [-0.25, -0.2) is 4.98 Å². The van der Waals surface area contributed by atoms with Gasteiger partial charge in [0.2, 0.25) is 0 Å². The third kappa shape index (κ3) is 2.82. The van der Waals surface area contributed by atoms with Crippen molar-refractivity contribution in [2.24, 2.45) is 0 Å². The summed E-state index contributed by atoms with van der Waals surface area (Å²) < 4.78 is 0. The number of hydrogen-bond donors (Lipinski definition) is 2. The van der Waals surface area contributed by atoms with Gasteiger partial charge in [0.05, 0.1) is 11.7 Å². The topological polar surface area (TPSA) is 56.6 Å². The van der Waals surface area contributed by atoms with Gasteiger partial charge in [0, 0.05) is 25.4 Å². The molecule has 1 fully saturated rings. The number of aliphatic hydroxyl groups is 2. The number of pyridine rings is 1. The summed E-state index contributed by atoms with van der Waals surface area (Å²) in [7, 11) is 1.92. The van der Waals surface area contributed by atoms with Crippen LogP contribution in [0.2, 0.25) is 0 Å². The molecule has 1 aromatic heterocycles. The number of rotatable bonds is 4. The Balaban J connectivity index is 2.15. The summed E-state index contributed by atoms with van der Waals surface area (Å²) in [5, 5.41) is 20.2. The summed E-state index contributed by atoms with van der Waals surface area (Å²) in [5.74, 6) is 0.757. The van der Waals surface area contributed by atoms with E-state index in [1.807, 2.05) is 24.1 Å². The molecule has 18 heavy (non-hydrogen) atoms. The van der Waals surface area contributed by atoms with Crippen molar-refractivity contribution < 1.29 is 10.2 Å². The second kappa shape index (κ2) is 5.24. The van der Waals surface area contributed by atoms with Crippen LogP contribution in [0.1, 0.15) is 44.3 Å². The molecule has 1 aliphatic rings. The summed E-state index contributed by atoms with van der Waals surface area (Å²) >= 11 is 0. The van der Waals surface area contributed by atoms with Crippen molar-refractivity contribution in [3.05, 3.63) is 23.9 Å². The van der Waals surface area contributed by atoms with Gasteiger partial charge in [-0.2, -0.15) is 0 Å². The monoisotopic (exact) mass is 250 g/mol. The molecule has 1 atom stereocenters. The van der Waals surface area contributed by atoms with Crippen LogP contribution in [0.3, 0.4) is 0 Å². The Morgan fingerprint density at radius 2 is 2.11 bits per heavy atom. The van der Waals surface area contributed by atoms with Crippen molar-refractivity contribution in [1.29, 1.82) is 0 Å². The van der Waals surface area contributed by atoms with Crippen molar-refractivity contribution in [3.8, 4) is 0 Å². The average molecular weight is 250 g/mol. The highest BCUT2D eigenvalue weighted by molar-refractivity contribution is 5.47. The fraction of sp³-hybridized carbons (Fsp3) is 0.643. The number of nitrogens with zero attached hydrogens (tertiary/aromatic N) is 2. The van der Waals surface area contributed by atoms with E-state index in [2.05, 4.69) is 4.98 Å². The first kappa shape index (κ1) is 13.3. The van der Waals surface area contributed by atoms with Crippen molar-refractivity contribution in [2.75, 3.05) is 18.5 Å². The minimum Gasteiger partial charge on any atom is -0.389 e. The van der Waals surface area contributed by atoms with Crippen LogP contribution in [0.5, 0.6) is 0 Å². The van der Waals surface area contributed by atoms with Gasteiger partial charge in [0.15, 0.2) is 0 Å². The van der Waals surface area contributed by atoms with E-state index in [9.17, 15) is 10.2 Å². The number of likely N-dealkylation sites (N-methyl/N-ethyl adjacent to an activating group) is 1. The normalized spacial score (nSPS) is 19.8. The van der Waals surface area contributed by atoms with Crippen molar-refractivity contribution >= 4 is 5.82 Å². The van der Waals surface area contributed by atoms with E-state index < -0.39 is 11.7 Å². The first-order valence-electron chi connectivity index (χ1n) is 6.58. The first-order chi connectivity index (χ1) is 8.52. The smallest absolute Gasteiger partial charge is 0.134 e. The molecule has 2 rings (SSSR count). The van der Waals surface area contributed by atoms with Crippen LogP contribution in [0.4, 0.5) is 5.82 Å². The zero-order chi connectivity index (χ0) is 13.2. The summed E-state index contributed by atoms with van der Waals surface area (Å²) in [6.45, 7) is 2.31. The molecule has 0 aromatic carbocycles. The molecule has 0 bridgehead atoms. The predicted molar refractivity (Wildman–Crippen MR) is 71.6 cm³/mol. The largest absolute Gasteiger partial charge is 0.389 e. The van der Waals surface area contributed by atoms with Crippen LogP contribution < -0.4 is 4.90 Å². The molecule has 0 amide bonds. The molecule has 0 unspecified atom stereocenters. The molecule has 4 nitrogen and oxygen atoms in total. The standard InChI is InChI=1S/C14H22N2O2/c1-11(17)12-6-5-9-15-13(12)16(2)10-14(18)7-3-4-8-14/h5-6,9,11,17-18H,3-4,7-8,10H2,1-2H3/t11-/m1/s1. The second-order valence-electron chi connectivity index (χ2n) is 5.38. The van der Waals surface area contributed by atoms with E-state index in [0.29, 0.717) is 6.54 Å². The summed E-state index contributed by atoms with van der Waals surface area (Å²) in [4.78, 5) is 6.28. The predicted octanol–water partition coefficient (Wildman–Crippen LogP) is 1.88.